The van der Waals surface area contributed by atoms with E-state index in [2.05, 4.69) is 10.1 Å². The van der Waals surface area contributed by atoms with E-state index in [1.54, 1.807) is 20.8 Å². The van der Waals surface area contributed by atoms with Crippen molar-refractivity contribution in [3.8, 4) is 11.8 Å². The third-order valence-electron chi connectivity index (χ3n) is 3.66. The highest BCUT2D eigenvalue weighted by Crippen LogP contribution is 2.23. The molecule has 0 fully saturated rings. The molecule has 0 aliphatic carbocycles. The first-order valence-electron chi connectivity index (χ1n) is 7.88. The number of benzene rings is 1. The summed E-state index contributed by atoms with van der Waals surface area (Å²) in [5, 5.41) is 11.6. The predicted octanol–water partition coefficient (Wildman–Crippen LogP) is 3.20. The molecule has 0 heterocycles. The molecule has 1 atom stereocenters. The van der Waals surface area contributed by atoms with E-state index in [0.29, 0.717) is 5.56 Å². The van der Waals surface area contributed by atoms with Gasteiger partial charge in [-0.1, -0.05) is 26.0 Å². The van der Waals surface area contributed by atoms with Crippen LogP contribution in [0, 0.1) is 17.2 Å². The van der Waals surface area contributed by atoms with Crippen LogP contribution in [0.15, 0.2) is 30.3 Å². The monoisotopic (exact) mass is 384 g/mol. The Bertz CT molecular complexity index is 736. The number of nitriles is 1. The zero-order valence-corrected chi connectivity index (χ0v) is 15.0. The maximum atomic E-state index is 12.1. The summed E-state index contributed by atoms with van der Waals surface area (Å²) in [5.74, 6) is -1.97. The van der Waals surface area contributed by atoms with Gasteiger partial charge in [-0.05, 0) is 36.6 Å². The van der Waals surface area contributed by atoms with E-state index in [1.165, 1.54) is 18.2 Å². The summed E-state index contributed by atoms with van der Waals surface area (Å²) >= 11 is 0. The molecule has 6 nitrogen and oxygen atoms in total. The van der Waals surface area contributed by atoms with Crippen LogP contribution in [0.3, 0.4) is 0 Å². The first-order valence-corrected chi connectivity index (χ1v) is 7.88. The summed E-state index contributed by atoms with van der Waals surface area (Å²) < 4.78 is 44.7. The quantitative estimate of drug-likeness (QED) is 0.576. The molecule has 0 unspecified atom stereocenters. The van der Waals surface area contributed by atoms with Crippen molar-refractivity contribution in [1.29, 1.82) is 5.26 Å². The smallest absolute Gasteiger partial charge is 0.452 e. The van der Waals surface area contributed by atoms with E-state index in [0.717, 1.165) is 18.2 Å². The predicted molar refractivity (Wildman–Crippen MR) is 90.1 cm³/mol. The Morgan fingerprint density at radius 3 is 2.33 bits per heavy atom. The van der Waals surface area contributed by atoms with Gasteiger partial charge in [0.05, 0.1) is 6.07 Å². The molecule has 0 aliphatic heterocycles. The highest BCUT2D eigenvalue weighted by molar-refractivity contribution is 5.89. The fourth-order valence-electron chi connectivity index (χ4n) is 1.76. The van der Waals surface area contributed by atoms with Gasteiger partial charge in [0, 0.05) is 6.08 Å². The second kappa shape index (κ2) is 9.07. The van der Waals surface area contributed by atoms with Crippen molar-refractivity contribution in [2.75, 3.05) is 6.61 Å². The van der Waals surface area contributed by atoms with Crippen LogP contribution in [0.5, 0.6) is 5.75 Å². The van der Waals surface area contributed by atoms with Gasteiger partial charge in [-0.15, -0.1) is 13.2 Å². The Balaban J connectivity index is 2.53. The Kier molecular flexibility index (Phi) is 7.40. The number of ether oxygens (including phenoxy) is 2. The Hall–Kier alpha value is -3.02. The average Bonchev–Trinajstić information content (AvgIpc) is 2.57. The standard InChI is InChI=1S/C18H19F3N2O4/c1-12(2)17(3,11-22)23-15(24)10-26-16(25)9-6-13-4-7-14(8-5-13)27-18(19,20)21/h4-9,12H,10H2,1-3H3,(H,23,24)/b9-6+/t17-/m0/s1. The molecule has 0 bridgehead atoms. The number of halogens is 3. The molecule has 0 spiro atoms. The summed E-state index contributed by atoms with van der Waals surface area (Å²) in [7, 11) is 0. The number of nitrogens with one attached hydrogen (secondary N) is 1. The molecular formula is C18H19F3N2O4. The summed E-state index contributed by atoms with van der Waals surface area (Å²) in [4.78, 5) is 23.4. The third kappa shape index (κ3) is 7.81. The fourth-order valence-corrected chi connectivity index (χ4v) is 1.76. The minimum atomic E-state index is -4.78. The molecule has 146 valence electrons. The highest BCUT2D eigenvalue weighted by atomic mass is 19.4. The number of hydrogen-bond acceptors (Lipinski definition) is 5. The lowest BCUT2D eigenvalue weighted by Gasteiger charge is -2.27. The number of rotatable bonds is 7. The van der Waals surface area contributed by atoms with Crippen molar-refractivity contribution in [2.24, 2.45) is 5.92 Å². The Morgan fingerprint density at radius 1 is 1.26 bits per heavy atom. The largest absolute Gasteiger partial charge is 0.573 e. The van der Waals surface area contributed by atoms with Gasteiger partial charge >= 0.3 is 12.3 Å². The molecule has 1 aromatic rings. The van der Waals surface area contributed by atoms with Gasteiger partial charge in [0.15, 0.2) is 6.61 Å². The van der Waals surface area contributed by atoms with Gasteiger partial charge in [0.25, 0.3) is 5.91 Å². The topological polar surface area (TPSA) is 88.4 Å². The molecule has 27 heavy (non-hydrogen) atoms. The number of carbonyl (C=O) groups excluding carboxylic acids is 2. The van der Waals surface area contributed by atoms with Crippen molar-refractivity contribution < 1.29 is 32.2 Å². The van der Waals surface area contributed by atoms with Gasteiger partial charge in [-0.25, -0.2) is 4.79 Å². The number of esters is 1. The lowest BCUT2D eigenvalue weighted by molar-refractivity contribution is -0.274. The number of nitrogens with zero attached hydrogens (tertiary/aromatic N) is 1. The molecule has 1 rings (SSSR count). The lowest BCUT2D eigenvalue weighted by atomic mass is 9.90. The molecule has 1 amide bonds. The second-order valence-electron chi connectivity index (χ2n) is 6.07. The van der Waals surface area contributed by atoms with Crippen molar-refractivity contribution in [3.63, 3.8) is 0 Å². The second-order valence-corrected chi connectivity index (χ2v) is 6.07. The number of carbonyl (C=O) groups is 2. The van der Waals surface area contributed by atoms with Crippen LogP contribution >= 0.6 is 0 Å². The van der Waals surface area contributed by atoms with Crippen LogP contribution in [0.2, 0.25) is 0 Å². The normalized spacial score (nSPS) is 13.7. The maximum Gasteiger partial charge on any atom is 0.573 e. The SMILES string of the molecule is CC(C)[C@](C)(C#N)NC(=O)COC(=O)/C=C/c1ccc(OC(F)(F)F)cc1. The molecular weight excluding hydrogens is 365 g/mol. The minimum absolute atomic E-state index is 0.147. The maximum absolute atomic E-state index is 12.1. The average molecular weight is 384 g/mol. The zero-order valence-electron chi connectivity index (χ0n) is 15.0. The van der Waals surface area contributed by atoms with E-state index in [-0.39, 0.29) is 11.7 Å². The molecule has 9 heteroatoms. The summed E-state index contributed by atoms with van der Waals surface area (Å²) in [6, 6.07) is 6.83. The Labute approximate surface area is 154 Å². The van der Waals surface area contributed by atoms with Gasteiger partial charge < -0.3 is 14.8 Å². The molecule has 0 saturated heterocycles. The molecule has 0 radical (unpaired) electrons. The van der Waals surface area contributed by atoms with Crippen LogP contribution in [0.25, 0.3) is 6.08 Å². The van der Waals surface area contributed by atoms with Crippen molar-refractivity contribution in [3.05, 3.63) is 35.9 Å². The van der Waals surface area contributed by atoms with E-state index in [9.17, 15) is 22.8 Å². The van der Waals surface area contributed by atoms with Crippen molar-refractivity contribution >= 4 is 18.0 Å². The first kappa shape index (κ1) is 22.0. The van der Waals surface area contributed by atoms with Crippen LogP contribution in [0.4, 0.5) is 13.2 Å². The van der Waals surface area contributed by atoms with Gasteiger partial charge in [-0.2, -0.15) is 5.26 Å². The van der Waals surface area contributed by atoms with E-state index in [4.69, 9.17) is 10.00 Å². The van der Waals surface area contributed by atoms with Gasteiger partial charge in [0.1, 0.15) is 11.3 Å². The third-order valence-corrected chi connectivity index (χ3v) is 3.66. The van der Waals surface area contributed by atoms with E-state index in [1.807, 2.05) is 6.07 Å². The van der Waals surface area contributed by atoms with Crippen LogP contribution in [-0.2, 0) is 14.3 Å². The molecule has 1 aromatic carbocycles. The van der Waals surface area contributed by atoms with E-state index < -0.39 is 30.4 Å². The summed E-state index contributed by atoms with van der Waals surface area (Å²) in [6.45, 7) is 4.53. The van der Waals surface area contributed by atoms with Crippen molar-refractivity contribution in [2.45, 2.75) is 32.7 Å². The summed E-state index contributed by atoms with van der Waals surface area (Å²) in [5.41, 5.74) is -0.651. The van der Waals surface area contributed by atoms with Gasteiger partial charge in [0.2, 0.25) is 0 Å². The Morgan fingerprint density at radius 2 is 1.85 bits per heavy atom. The van der Waals surface area contributed by atoms with Crippen LogP contribution in [-0.4, -0.2) is 30.4 Å². The summed E-state index contributed by atoms with van der Waals surface area (Å²) in [6.07, 6.45) is -2.44. The number of hydrogen-bond donors (Lipinski definition) is 1. The number of alkyl halides is 3. The molecule has 0 aromatic heterocycles. The fraction of sp³-hybridized carbons (Fsp3) is 0.389. The minimum Gasteiger partial charge on any atom is -0.452 e. The highest BCUT2D eigenvalue weighted by Gasteiger charge is 2.31. The number of amides is 1. The lowest BCUT2D eigenvalue weighted by Crippen LogP contribution is -2.50. The molecule has 1 N–H and O–H groups in total. The van der Waals surface area contributed by atoms with Gasteiger partial charge in [-0.3, -0.25) is 4.79 Å². The van der Waals surface area contributed by atoms with Crippen molar-refractivity contribution in [1.82, 2.24) is 5.32 Å². The van der Waals surface area contributed by atoms with E-state index >= 15 is 0 Å². The molecule has 0 saturated carbocycles. The zero-order chi connectivity index (χ0) is 20.7. The first-order chi connectivity index (χ1) is 12.4. The van der Waals surface area contributed by atoms with Crippen LogP contribution in [0.1, 0.15) is 26.3 Å². The van der Waals surface area contributed by atoms with Crippen LogP contribution < -0.4 is 10.1 Å². The molecule has 0 aliphatic rings.